The molecule has 0 fully saturated rings. The molecule has 0 bridgehead atoms. The molecular formula is C24H26N6O3S. The minimum Gasteiger partial charge on any atom is -0.382 e. The molecule has 2 heterocycles. The molecule has 2 aromatic carbocycles. The van der Waals surface area contributed by atoms with Crippen molar-refractivity contribution in [3.05, 3.63) is 66.4 Å². The molecule has 5 N–H and O–H groups in total. The van der Waals surface area contributed by atoms with E-state index in [2.05, 4.69) is 20.4 Å². The fourth-order valence-corrected chi connectivity index (χ4v) is 4.45. The van der Waals surface area contributed by atoms with E-state index in [1.807, 2.05) is 31.3 Å². The van der Waals surface area contributed by atoms with Crippen molar-refractivity contribution < 1.29 is 12.9 Å². The summed E-state index contributed by atoms with van der Waals surface area (Å²) in [6, 6.07) is 16.0. The molecule has 0 unspecified atom stereocenters. The lowest BCUT2D eigenvalue weighted by Crippen LogP contribution is -2.41. The topological polar surface area (TPSA) is 150 Å². The third-order valence-corrected chi connectivity index (χ3v) is 7.61. The van der Waals surface area contributed by atoms with Crippen molar-refractivity contribution in [1.29, 1.82) is 0 Å². The molecule has 4 aromatic rings. The van der Waals surface area contributed by atoms with Gasteiger partial charge in [-0.2, -0.15) is 0 Å². The van der Waals surface area contributed by atoms with Gasteiger partial charge in [0.25, 0.3) is 0 Å². The number of nitrogens with one attached hydrogen (secondary N) is 1. The number of anilines is 1. The van der Waals surface area contributed by atoms with Gasteiger partial charge < -0.3 is 21.3 Å². The van der Waals surface area contributed by atoms with E-state index in [4.69, 9.17) is 16.0 Å². The molecule has 0 amide bonds. The van der Waals surface area contributed by atoms with Gasteiger partial charge in [0.15, 0.2) is 27.1 Å². The van der Waals surface area contributed by atoms with E-state index < -0.39 is 14.7 Å². The van der Waals surface area contributed by atoms with Gasteiger partial charge in [-0.25, -0.2) is 18.4 Å². The van der Waals surface area contributed by atoms with E-state index in [0.717, 1.165) is 17.7 Å². The van der Waals surface area contributed by atoms with Crippen LogP contribution in [0.2, 0.25) is 0 Å². The largest absolute Gasteiger partial charge is 0.382 e. The van der Waals surface area contributed by atoms with Gasteiger partial charge in [-0.05, 0) is 38.6 Å². The molecule has 0 saturated carbocycles. The van der Waals surface area contributed by atoms with Crippen molar-refractivity contribution in [2.24, 2.45) is 5.73 Å². The standard InChI is InChI=1S/C24H26N6O3S/c1-24(2,26)34(31,32)18-10-8-17(9-11-18)20-14-28-23(25)22(29-20)21-12-19(30-33-21)16-6-4-15(5-7-16)13-27-3/h4-12,14,27H,13,26H2,1-3H3,(H2,25,28). The second-order valence-electron chi connectivity index (χ2n) is 8.42. The molecule has 2 aromatic heterocycles. The van der Waals surface area contributed by atoms with E-state index >= 15 is 0 Å². The molecule has 10 heteroatoms. The van der Waals surface area contributed by atoms with Gasteiger partial charge in [0.05, 0.1) is 16.8 Å². The first-order valence-electron chi connectivity index (χ1n) is 10.6. The summed E-state index contributed by atoms with van der Waals surface area (Å²) in [6.45, 7) is 3.69. The van der Waals surface area contributed by atoms with E-state index in [-0.39, 0.29) is 10.7 Å². The van der Waals surface area contributed by atoms with Crippen molar-refractivity contribution in [2.45, 2.75) is 30.2 Å². The van der Waals surface area contributed by atoms with Crippen LogP contribution in [0.4, 0.5) is 5.82 Å². The molecule has 0 saturated heterocycles. The van der Waals surface area contributed by atoms with Crippen LogP contribution in [-0.2, 0) is 16.4 Å². The van der Waals surface area contributed by atoms with Gasteiger partial charge in [0.1, 0.15) is 10.6 Å². The molecule has 0 atom stereocenters. The maximum absolute atomic E-state index is 12.6. The monoisotopic (exact) mass is 478 g/mol. The van der Waals surface area contributed by atoms with Gasteiger partial charge in [0.2, 0.25) is 0 Å². The fourth-order valence-electron chi connectivity index (χ4n) is 3.35. The molecule has 0 aliphatic heterocycles. The summed E-state index contributed by atoms with van der Waals surface area (Å²) in [5.74, 6) is 0.574. The van der Waals surface area contributed by atoms with Gasteiger partial charge in [-0.3, -0.25) is 0 Å². The molecule has 4 rings (SSSR count). The Morgan fingerprint density at radius 2 is 1.62 bits per heavy atom. The highest BCUT2D eigenvalue weighted by Gasteiger charge is 2.31. The summed E-state index contributed by atoms with van der Waals surface area (Å²) in [6.07, 6.45) is 1.52. The van der Waals surface area contributed by atoms with E-state index in [1.54, 1.807) is 18.2 Å². The van der Waals surface area contributed by atoms with E-state index in [9.17, 15) is 8.42 Å². The van der Waals surface area contributed by atoms with Crippen LogP contribution in [0.25, 0.3) is 34.0 Å². The first-order chi connectivity index (χ1) is 16.1. The van der Waals surface area contributed by atoms with Gasteiger partial charge >= 0.3 is 0 Å². The molecule has 0 radical (unpaired) electrons. The van der Waals surface area contributed by atoms with Crippen LogP contribution in [0, 0.1) is 0 Å². The lowest BCUT2D eigenvalue weighted by Gasteiger charge is -2.19. The number of rotatable bonds is 7. The Morgan fingerprint density at radius 1 is 1.00 bits per heavy atom. The molecule has 0 spiro atoms. The Labute approximate surface area is 198 Å². The summed E-state index contributed by atoms with van der Waals surface area (Å²) in [5.41, 5.74) is 16.1. The second kappa shape index (κ2) is 8.98. The number of nitrogen functional groups attached to an aromatic ring is 1. The van der Waals surface area contributed by atoms with Crippen molar-refractivity contribution >= 4 is 15.7 Å². The zero-order valence-corrected chi connectivity index (χ0v) is 19.9. The minimum atomic E-state index is -3.67. The average Bonchev–Trinajstić information content (AvgIpc) is 3.29. The highest BCUT2D eigenvalue weighted by molar-refractivity contribution is 7.92. The number of hydrogen-bond donors (Lipinski definition) is 3. The number of benzene rings is 2. The zero-order chi connectivity index (χ0) is 24.5. The van der Waals surface area contributed by atoms with Crippen LogP contribution in [0.1, 0.15) is 19.4 Å². The Kier molecular flexibility index (Phi) is 6.22. The second-order valence-corrected chi connectivity index (χ2v) is 11.0. The average molecular weight is 479 g/mol. The summed E-state index contributed by atoms with van der Waals surface area (Å²) in [5, 5.41) is 7.26. The number of nitrogens with zero attached hydrogens (tertiary/aromatic N) is 3. The normalized spacial score (nSPS) is 12.1. The Bertz CT molecular complexity index is 1410. The van der Waals surface area contributed by atoms with Gasteiger partial charge in [-0.15, -0.1) is 0 Å². The Balaban J connectivity index is 1.63. The highest BCUT2D eigenvalue weighted by atomic mass is 32.2. The molecule has 0 aliphatic carbocycles. The predicted octanol–water partition coefficient (Wildman–Crippen LogP) is 3.24. The zero-order valence-electron chi connectivity index (χ0n) is 19.1. The number of hydrogen-bond acceptors (Lipinski definition) is 9. The van der Waals surface area contributed by atoms with Crippen LogP contribution >= 0.6 is 0 Å². The maximum Gasteiger partial charge on any atom is 0.196 e. The van der Waals surface area contributed by atoms with Crippen LogP contribution in [-0.4, -0.2) is 35.5 Å². The highest BCUT2D eigenvalue weighted by Crippen LogP contribution is 2.30. The third kappa shape index (κ3) is 4.56. The summed E-state index contributed by atoms with van der Waals surface area (Å²) >= 11 is 0. The molecule has 176 valence electrons. The Morgan fingerprint density at radius 3 is 2.24 bits per heavy atom. The van der Waals surface area contributed by atoms with Crippen LogP contribution in [0.15, 0.2) is 70.2 Å². The van der Waals surface area contributed by atoms with Crippen LogP contribution in [0.5, 0.6) is 0 Å². The smallest absolute Gasteiger partial charge is 0.196 e. The number of sulfone groups is 1. The Hall–Kier alpha value is -3.60. The fraction of sp³-hybridized carbons (Fsp3) is 0.208. The van der Waals surface area contributed by atoms with E-state index in [1.165, 1.54) is 32.2 Å². The molecule has 9 nitrogen and oxygen atoms in total. The minimum absolute atomic E-state index is 0.132. The quantitative estimate of drug-likeness (QED) is 0.364. The van der Waals surface area contributed by atoms with Crippen LogP contribution in [0.3, 0.4) is 0 Å². The number of nitrogens with two attached hydrogens (primary N) is 2. The lowest BCUT2D eigenvalue weighted by molar-refractivity contribution is 0.434. The van der Waals surface area contributed by atoms with Gasteiger partial charge in [0, 0.05) is 23.7 Å². The maximum atomic E-state index is 12.6. The summed E-state index contributed by atoms with van der Waals surface area (Å²) in [4.78, 5) is 7.58. The molecule has 0 aliphatic rings. The van der Waals surface area contributed by atoms with Crippen molar-refractivity contribution in [3.8, 4) is 34.0 Å². The van der Waals surface area contributed by atoms with E-state index in [0.29, 0.717) is 28.4 Å². The summed E-state index contributed by atoms with van der Waals surface area (Å²) < 4.78 is 30.6. The van der Waals surface area contributed by atoms with Crippen molar-refractivity contribution in [1.82, 2.24) is 20.4 Å². The predicted molar refractivity (Wildman–Crippen MR) is 131 cm³/mol. The SMILES string of the molecule is CNCc1ccc(-c2cc(-c3nc(-c4ccc(S(=O)(=O)C(C)(C)N)cc4)cnc3N)on2)cc1. The first kappa shape index (κ1) is 23.6. The lowest BCUT2D eigenvalue weighted by atomic mass is 10.1. The third-order valence-electron chi connectivity index (χ3n) is 5.33. The first-order valence-corrected chi connectivity index (χ1v) is 12.1. The molecule has 34 heavy (non-hydrogen) atoms. The van der Waals surface area contributed by atoms with Crippen molar-refractivity contribution in [2.75, 3.05) is 12.8 Å². The number of aromatic nitrogens is 3. The van der Waals surface area contributed by atoms with Crippen LogP contribution < -0.4 is 16.8 Å². The van der Waals surface area contributed by atoms with Crippen molar-refractivity contribution in [3.63, 3.8) is 0 Å². The summed E-state index contributed by atoms with van der Waals surface area (Å²) in [7, 11) is -1.77. The van der Waals surface area contributed by atoms with Gasteiger partial charge in [-0.1, -0.05) is 41.6 Å². The molecular weight excluding hydrogens is 452 g/mol.